The van der Waals surface area contributed by atoms with E-state index in [4.69, 9.17) is 9.47 Å². The van der Waals surface area contributed by atoms with Crippen molar-refractivity contribution in [3.8, 4) is 11.5 Å². The zero-order chi connectivity index (χ0) is 20.3. The van der Waals surface area contributed by atoms with E-state index in [1.54, 1.807) is 44.3 Å². The molecule has 1 saturated heterocycles. The molecule has 0 saturated carbocycles. The van der Waals surface area contributed by atoms with Gasteiger partial charge in [0.1, 0.15) is 6.10 Å². The summed E-state index contributed by atoms with van der Waals surface area (Å²) in [6, 6.07) is 12.5. The number of anilines is 1. The van der Waals surface area contributed by atoms with Crippen LogP contribution in [0.3, 0.4) is 0 Å². The van der Waals surface area contributed by atoms with Gasteiger partial charge in [0, 0.05) is 25.3 Å². The number of nitrogens with one attached hydrogen (secondary N) is 1. The summed E-state index contributed by atoms with van der Waals surface area (Å²) in [7, 11) is 5.02. The SMILES string of the molecule is COc1ccccc1OC1CN(C(=O)Nc2ccc(C(=O)N(C)C)cc2C)C1. The molecule has 28 heavy (non-hydrogen) atoms. The minimum absolute atomic E-state index is 0.0664. The van der Waals surface area contributed by atoms with Gasteiger partial charge >= 0.3 is 6.03 Å². The van der Waals surface area contributed by atoms with Gasteiger partial charge in [-0.15, -0.1) is 0 Å². The van der Waals surface area contributed by atoms with Crippen LogP contribution in [0.15, 0.2) is 42.5 Å². The number of amides is 3. The molecule has 2 aromatic carbocycles. The molecule has 0 bridgehead atoms. The van der Waals surface area contributed by atoms with Crippen LogP contribution < -0.4 is 14.8 Å². The van der Waals surface area contributed by atoms with Gasteiger partial charge in [0.25, 0.3) is 5.91 Å². The van der Waals surface area contributed by atoms with E-state index < -0.39 is 0 Å². The number of carbonyl (C=O) groups excluding carboxylic acids is 2. The Balaban J connectivity index is 1.55. The Morgan fingerprint density at radius 2 is 1.79 bits per heavy atom. The van der Waals surface area contributed by atoms with E-state index in [9.17, 15) is 9.59 Å². The van der Waals surface area contributed by atoms with Gasteiger partial charge in [-0.3, -0.25) is 4.79 Å². The van der Waals surface area contributed by atoms with Gasteiger partial charge in [-0.05, 0) is 42.8 Å². The minimum atomic E-state index is -0.185. The highest BCUT2D eigenvalue weighted by atomic mass is 16.5. The summed E-state index contributed by atoms with van der Waals surface area (Å²) in [6.07, 6.45) is -0.0664. The van der Waals surface area contributed by atoms with Crippen LogP contribution in [0.5, 0.6) is 11.5 Å². The van der Waals surface area contributed by atoms with Gasteiger partial charge in [0.15, 0.2) is 11.5 Å². The number of para-hydroxylation sites is 2. The Kier molecular flexibility index (Phi) is 5.73. The lowest BCUT2D eigenvalue weighted by Crippen LogP contribution is -2.57. The van der Waals surface area contributed by atoms with Crippen LogP contribution in [-0.2, 0) is 0 Å². The summed E-state index contributed by atoms with van der Waals surface area (Å²) >= 11 is 0. The van der Waals surface area contributed by atoms with E-state index in [0.717, 1.165) is 5.56 Å². The third-order valence-corrected chi connectivity index (χ3v) is 4.62. The number of nitrogens with zero attached hydrogens (tertiary/aromatic N) is 2. The monoisotopic (exact) mass is 383 g/mol. The first-order chi connectivity index (χ1) is 13.4. The van der Waals surface area contributed by atoms with Gasteiger partial charge in [-0.25, -0.2) is 4.79 Å². The van der Waals surface area contributed by atoms with Gasteiger partial charge in [0.2, 0.25) is 0 Å². The Morgan fingerprint density at radius 1 is 1.11 bits per heavy atom. The fourth-order valence-corrected chi connectivity index (χ4v) is 2.96. The number of benzene rings is 2. The Bertz CT molecular complexity index is 876. The van der Waals surface area contributed by atoms with Crippen LogP contribution >= 0.6 is 0 Å². The standard InChI is InChI=1S/C21H25N3O4/c1-14-11-15(20(25)23(2)3)9-10-17(14)22-21(26)24-12-16(13-24)28-19-8-6-5-7-18(19)27-4/h5-11,16H,12-13H2,1-4H3,(H,22,26). The molecule has 0 unspecified atom stereocenters. The third-order valence-electron chi connectivity index (χ3n) is 4.62. The summed E-state index contributed by atoms with van der Waals surface area (Å²) < 4.78 is 11.2. The van der Waals surface area contributed by atoms with Gasteiger partial charge in [0.05, 0.1) is 20.2 Å². The van der Waals surface area contributed by atoms with Crippen molar-refractivity contribution >= 4 is 17.6 Å². The molecule has 2 aromatic rings. The lowest BCUT2D eigenvalue weighted by atomic mass is 10.1. The molecule has 0 atom stereocenters. The van der Waals surface area contributed by atoms with E-state index in [0.29, 0.717) is 35.8 Å². The second-order valence-corrected chi connectivity index (χ2v) is 6.96. The van der Waals surface area contributed by atoms with Crippen molar-refractivity contribution in [2.45, 2.75) is 13.0 Å². The highest BCUT2D eigenvalue weighted by molar-refractivity contribution is 5.96. The summed E-state index contributed by atoms with van der Waals surface area (Å²) in [5.74, 6) is 1.28. The highest BCUT2D eigenvalue weighted by Gasteiger charge is 2.33. The molecular formula is C21H25N3O4. The molecule has 1 N–H and O–H groups in total. The molecule has 0 aliphatic carbocycles. The predicted octanol–water partition coefficient (Wildman–Crippen LogP) is 3.00. The molecule has 0 aromatic heterocycles. The van der Waals surface area contributed by atoms with E-state index in [1.165, 1.54) is 4.90 Å². The predicted molar refractivity (Wildman–Crippen MR) is 107 cm³/mol. The summed E-state index contributed by atoms with van der Waals surface area (Å²) in [5.41, 5.74) is 2.12. The maximum atomic E-state index is 12.5. The van der Waals surface area contributed by atoms with Gasteiger partial charge < -0.3 is 24.6 Å². The van der Waals surface area contributed by atoms with Crippen molar-refractivity contribution < 1.29 is 19.1 Å². The molecule has 1 heterocycles. The topological polar surface area (TPSA) is 71.1 Å². The van der Waals surface area contributed by atoms with E-state index >= 15 is 0 Å². The largest absolute Gasteiger partial charge is 0.493 e. The van der Waals surface area contributed by atoms with Gasteiger partial charge in [-0.1, -0.05) is 12.1 Å². The lowest BCUT2D eigenvalue weighted by molar-refractivity contribution is 0.0474. The maximum Gasteiger partial charge on any atom is 0.322 e. The molecule has 0 radical (unpaired) electrons. The number of ether oxygens (including phenoxy) is 2. The molecular weight excluding hydrogens is 358 g/mol. The first kappa shape index (κ1) is 19.5. The molecule has 0 spiro atoms. The average Bonchev–Trinajstić information content (AvgIpc) is 2.65. The molecule has 7 heteroatoms. The van der Waals surface area contributed by atoms with Crippen molar-refractivity contribution in [2.24, 2.45) is 0 Å². The first-order valence-corrected chi connectivity index (χ1v) is 9.07. The summed E-state index contributed by atoms with van der Waals surface area (Å²) in [5, 5.41) is 2.90. The molecule has 7 nitrogen and oxygen atoms in total. The number of methoxy groups -OCH3 is 1. The third kappa shape index (κ3) is 4.19. The fourth-order valence-electron chi connectivity index (χ4n) is 2.96. The smallest absolute Gasteiger partial charge is 0.322 e. The molecule has 1 aliphatic heterocycles. The second-order valence-electron chi connectivity index (χ2n) is 6.96. The number of aryl methyl sites for hydroxylation is 1. The Hall–Kier alpha value is -3.22. The number of urea groups is 1. The number of carbonyl (C=O) groups is 2. The quantitative estimate of drug-likeness (QED) is 0.862. The van der Waals surface area contributed by atoms with E-state index in [2.05, 4.69) is 5.32 Å². The number of likely N-dealkylation sites (tertiary alicyclic amines) is 1. The number of hydrogen-bond donors (Lipinski definition) is 1. The fraction of sp³-hybridized carbons (Fsp3) is 0.333. The van der Waals surface area contributed by atoms with Crippen molar-refractivity contribution in [3.05, 3.63) is 53.6 Å². The zero-order valence-corrected chi connectivity index (χ0v) is 16.6. The Morgan fingerprint density at radius 3 is 2.39 bits per heavy atom. The highest BCUT2D eigenvalue weighted by Crippen LogP contribution is 2.29. The number of rotatable bonds is 5. The van der Waals surface area contributed by atoms with Gasteiger partial charge in [-0.2, -0.15) is 0 Å². The van der Waals surface area contributed by atoms with Crippen LogP contribution in [0.25, 0.3) is 0 Å². The maximum absolute atomic E-state index is 12.5. The average molecular weight is 383 g/mol. The molecule has 148 valence electrons. The first-order valence-electron chi connectivity index (χ1n) is 9.07. The van der Waals surface area contributed by atoms with Crippen molar-refractivity contribution in [1.82, 2.24) is 9.80 Å². The number of hydrogen-bond acceptors (Lipinski definition) is 4. The second kappa shape index (κ2) is 8.21. The minimum Gasteiger partial charge on any atom is -0.493 e. The summed E-state index contributed by atoms with van der Waals surface area (Å²) in [4.78, 5) is 27.7. The van der Waals surface area contributed by atoms with Crippen LogP contribution in [0.1, 0.15) is 15.9 Å². The normalized spacial score (nSPS) is 13.5. The van der Waals surface area contributed by atoms with E-state index in [-0.39, 0.29) is 18.0 Å². The molecule has 1 fully saturated rings. The van der Waals surface area contributed by atoms with Crippen LogP contribution in [-0.4, -0.2) is 62.1 Å². The van der Waals surface area contributed by atoms with E-state index in [1.807, 2.05) is 31.2 Å². The van der Waals surface area contributed by atoms with Crippen molar-refractivity contribution in [3.63, 3.8) is 0 Å². The van der Waals surface area contributed by atoms with Crippen molar-refractivity contribution in [1.29, 1.82) is 0 Å². The Labute approximate surface area is 164 Å². The molecule has 3 rings (SSSR count). The van der Waals surface area contributed by atoms with Crippen LogP contribution in [0, 0.1) is 6.92 Å². The zero-order valence-electron chi connectivity index (χ0n) is 16.6. The summed E-state index contributed by atoms with van der Waals surface area (Å²) in [6.45, 7) is 2.87. The van der Waals surface area contributed by atoms with Crippen LogP contribution in [0.4, 0.5) is 10.5 Å². The molecule has 1 aliphatic rings. The molecule has 3 amide bonds. The van der Waals surface area contributed by atoms with Crippen LogP contribution in [0.2, 0.25) is 0 Å². The lowest BCUT2D eigenvalue weighted by Gasteiger charge is -2.39. The van der Waals surface area contributed by atoms with Crippen molar-refractivity contribution in [2.75, 3.05) is 39.6 Å².